The molecule has 0 saturated heterocycles. The molecule has 78 valence electrons. The first kappa shape index (κ1) is 11.0. The Morgan fingerprint density at radius 2 is 2.40 bits per heavy atom. The van der Waals surface area contributed by atoms with E-state index < -0.39 is 0 Å². The van der Waals surface area contributed by atoms with Crippen LogP contribution in [0.4, 0.5) is 0 Å². The predicted molar refractivity (Wildman–Crippen MR) is 56.3 cm³/mol. The van der Waals surface area contributed by atoms with E-state index in [0.29, 0.717) is 5.69 Å². The van der Waals surface area contributed by atoms with Crippen molar-refractivity contribution in [1.82, 2.24) is 9.99 Å². The first-order valence-corrected chi connectivity index (χ1v) is 4.42. The highest BCUT2D eigenvalue weighted by atomic mass is 16.2. The van der Waals surface area contributed by atoms with Gasteiger partial charge in [-0.25, -0.2) is 5.43 Å². The molecule has 1 aromatic heterocycles. The number of aromatic nitrogens is 1. The van der Waals surface area contributed by atoms with Gasteiger partial charge < -0.3 is 4.57 Å². The lowest BCUT2D eigenvalue weighted by Gasteiger charge is -1.97. The highest BCUT2D eigenvalue weighted by Crippen LogP contribution is 2.10. The van der Waals surface area contributed by atoms with Crippen molar-refractivity contribution in [3.63, 3.8) is 0 Å². The monoisotopic (exact) mass is 204 g/mol. The summed E-state index contributed by atoms with van der Waals surface area (Å²) < 4.78 is 1.77. The normalized spacial score (nSPS) is 10.3. The number of rotatable bonds is 2. The molecule has 0 aliphatic heterocycles. The minimum atomic E-state index is -0.222. The van der Waals surface area contributed by atoms with E-state index in [2.05, 4.69) is 16.6 Å². The van der Waals surface area contributed by atoms with E-state index >= 15 is 0 Å². The third-order valence-electron chi connectivity index (χ3n) is 2.11. The SMILES string of the molecule is CC(=O)N/N=C\c1cc(C#N)n(C)c1C. The summed E-state index contributed by atoms with van der Waals surface area (Å²) in [7, 11) is 1.81. The molecule has 15 heavy (non-hydrogen) atoms. The molecule has 1 heterocycles. The van der Waals surface area contributed by atoms with E-state index in [1.807, 2.05) is 14.0 Å². The van der Waals surface area contributed by atoms with Crippen molar-refractivity contribution in [3.05, 3.63) is 23.0 Å². The zero-order valence-electron chi connectivity index (χ0n) is 8.90. The van der Waals surface area contributed by atoms with Crippen LogP contribution in [-0.2, 0) is 11.8 Å². The van der Waals surface area contributed by atoms with Gasteiger partial charge >= 0.3 is 0 Å². The lowest BCUT2D eigenvalue weighted by molar-refractivity contribution is -0.118. The first-order valence-electron chi connectivity index (χ1n) is 4.42. The van der Waals surface area contributed by atoms with E-state index in [0.717, 1.165) is 11.3 Å². The Kier molecular flexibility index (Phi) is 3.24. The molecular weight excluding hydrogens is 192 g/mol. The summed E-state index contributed by atoms with van der Waals surface area (Å²) in [5.74, 6) is -0.222. The van der Waals surface area contributed by atoms with E-state index in [1.165, 1.54) is 13.1 Å². The molecule has 5 heteroatoms. The number of nitrogens with one attached hydrogen (secondary N) is 1. The Balaban J connectivity index is 2.92. The fraction of sp³-hybridized carbons (Fsp3) is 0.300. The Labute approximate surface area is 88.0 Å². The van der Waals surface area contributed by atoms with E-state index in [4.69, 9.17) is 5.26 Å². The highest BCUT2D eigenvalue weighted by Gasteiger charge is 2.05. The van der Waals surface area contributed by atoms with Crippen LogP contribution in [0.25, 0.3) is 0 Å². The van der Waals surface area contributed by atoms with Crippen LogP contribution >= 0.6 is 0 Å². The maximum absolute atomic E-state index is 10.6. The molecule has 0 unspecified atom stereocenters. The van der Waals surface area contributed by atoms with Gasteiger partial charge in [0, 0.05) is 25.2 Å². The van der Waals surface area contributed by atoms with Gasteiger partial charge in [-0.3, -0.25) is 4.79 Å². The molecule has 0 radical (unpaired) electrons. The van der Waals surface area contributed by atoms with Crippen LogP contribution in [0.1, 0.15) is 23.9 Å². The number of hydrazone groups is 1. The fourth-order valence-electron chi connectivity index (χ4n) is 1.15. The minimum absolute atomic E-state index is 0.222. The maximum Gasteiger partial charge on any atom is 0.236 e. The van der Waals surface area contributed by atoms with Crippen LogP contribution in [0.15, 0.2) is 11.2 Å². The largest absolute Gasteiger partial charge is 0.339 e. The zero-order chi connectivity index (χ0) is 11.4. The summed E-state index contributed by atoms with van der Waals surface area (Å²) in [6.07, 6.45) is 1.53. The number of carbonyl (C=O) groups excluding carboxylic acids is 1. The van der Waals surface area contributed by atoms with Crippen LogP contribution < -0.4 is 5.43 Å². The minimum Gasteiger partial charge on any atom is -0.339 e. The third-order valence-corrected chi connectivity index (χ3v) is 2.11. The second-order valence-corrected chi connectivity index (χ2v) is 3.17. The summed E-state index contributed by atoms with van der Waals surface area (Å²) in [4.78, 5) is 10.6. The van der Waals surface area contributed by atoms with Crippen LogP contribution in [0.2, 0.25) is 0 Å². The zero-order valence-corrected chi connectivity index (χ0v) is 8.90. The van der Waals surface area contributed by atoms with Crippen molar-refractivity contribution in [2.75, 3.05) is 0 Å². The summed E-state index contributed by atoms with van der Waals surface area (Å²) >= 11 is 0. The van der Waals surface area contributed by atoms with Gasteiger partial charge in [0.1, 0.15) is 11.8 Å². The molecule has 5 nitrogen and oxygen atoms in total. The van der Waals surface area contributed by atoms with E-state index in [9.17, 15) is 4.79 Å². The second-order valence-electron chi connectivity index (χ2n) is 3.17. The van der Waals surface area contributed by atoms with Crippen LogP contribution in [0.3, 0.4) is 0 Å². The second kappa shape index (κ2) is 4.42. The number of amides is 1. The molecule has 1 aromatic rings. The number of hydrogen-bond donors (Lipinski definition) is 1. The Morgan fingerprint density at radius 1 is 1.73 bits per heavy atom. The van der Waals surface area contributed by atoms with Crippen molar-refractivity contribution in [3.8, 4) is 6.07 Å². The highest BCUT2D eigenvalue weighted by molar-refractivity contribution is 5.83. The van der Waals surface area contributed by atoms with Gasteiger partial charge in [-0.2, -0.15) is 10.4 Å². The van der Waals surface area contributed by atoms with Crippen molar-refractivity contribution in [2.24, 2.45) is 12.1 Å². The van der Waals surface area contributed by atoms with Crippen molar-refractivity contribution in [2.45, 2.75) is 13.8 Å². The lowest BCUT2D eigenvalue weighted by atomic mass is 10.3. The molecule has 1 N–H and O–H groups in total. The predicted octanol–water partition coefficient (Wildman–Crippen LogP) is 0.675. The Hall–Kier alpha value is -2.09. The fourth-order valence-corrected chi connectivity index (χ4v) is 1.15. The van der Waals surface area contributed by atoms with Gasteiger partial charge in [0.15, 0.2) is 0 Å². The number of nitriles is 1. The summed E-state index contributed by atoms with van der Waals surface area (Å²) in [6.45, 7) is 3.27. The summed E-state index contributed by atoms with van der Waals surface area (Å²) in [6, 6.07) is 3.79. The topological polar surface area (TPSA) is 70.2 Å². The van der Waals surface area contributed by atoms with Gasteiger partial charge in [0.2, 0.25) is 5.91 Å². The molecule has 1 rings (SSSR count). The standard InChI is InChI=1S/C10H12N4O/c1-7-9(6-12-13-8(2)15)4-10(5-11)14(7)3/h4,6H,1-3H3,(H,13,15)/b12-6-. The third kappa shape index (κ3) is 2.44. The van der Waals surface area contributed by atoms with Crippen LogP contribution in [-0.4, -0.2) is 16.7 Å². The molecule has 0 spiro atoms. The van der Waals surface area contributed by atoms with Gasteiger partial charge in [0.05, 0.1) is 6.21 Å². The number of nitrogens with zero attached hydrogens (tertiary/aromatic N) is 3. The van der Waals surface area contributed by atoms with Gasteiger partial charge in [-0.15, -0.1) is 0 Å². The average molecular weight is 204 g/mol. The molecule has 0 aliphatic rings. The summed E-state index contributed by atoms with van der Waals surface area (Å²) in [5, 5.41) is 12.5. The van der Waals surface area contributed by atoms with E-state index in [-0.39, 0.29) is 5.91 Å². The van der Waals surface area contributed by atoms with Crippen molar-refractivity contribution >= 4 is 12.1 Å². The molecule has 0 aliphatic carbocycles. The molecule has 1 amide bonds. The molecule has 0 fully saturated rings. The summed E-state index contributed by atoms with van der Waals surface area (Å²) in [5.41, 5.74) is 4.63. The Morgan fingerprint density at radius 3 is 2.87 bits per heavy atom. The number of hydrogen-bond acceptors (Lipinski definition) is 3. The van der Waals surface area contributed by atoms with Gasteiger partial charge in [0.25, 0.3) is 0 Å². The molecule has 0 aromatic carbocycles. The van der Waals surface area contributed by atoms with Crippen LogP contribution in [0, 0.1) is 18.3 Å². The average Bonchev–Trinajstić information content (AvgIpc) is 2.45. The lowest BCUT2D eigenvalue weighted by Crippen LogP contribution is -2.12. The van der Waals surface area contributed by atoms with Gasteiger partial charge in [-0.1, -0.05) is 0 Å². The first-order chi connectivity index (χ1) is 7.06. The molecule has 0 bridgehead atoms. The van der Waals surface area contributed by atoms with Crippen molar-refractivity contribution < 1.29 is 4.79 Å². The number of carbonyl (C=O) groups is 1. The maximum atomic E-state index is 10.6. The Bertz CT molecular complexity index is 451. The van der Waals surface area contributed by atoms with Gasteiger partial charge in [-0.05, 0) is 13.0 Å². The molecule has 0 saturated carbocycles. The molecule has 0 atom stereocenters. The molecular formula is C10H12N4O. The quantitative estimate of drug-likeness (QED) is 0.568. The van der Waals surface area contributed by atoms with Crippen molar-refractivity contribution in [1.29, 1.82) is 5.26 Å². The van der Waals surface area contributed by atoms with Crippen LogP contribution in [0.5, 0.6) is 0 Å². The van der Waals surface area contributed by atoms with E-state index in [1.54, 1.807) is 10.6 Å². The smallest absolute Gasteiger partial charge is 0.236 e.